The second kappa shape index (κ2) is 5.49. The molecule has 1 aromatic rings. The van der Waals surface area contributed by atoms with Gasteiger partial charge < -0.3 is 10.4 Å². The molecule has 1 aromatic carbocycles. The third-order valence-electron chi connectivity index (χ3n) is 4.61. The Balaban J connectivity index is 1.66. The van der Waals surface area contributed by atoms with Crippen molar-refractivity contribution in [2.24, 2.45) is 0 Å². The highest BCUT2D eigenvalue weighted by atomic mass is 79.9. The van der Waals surface area contributed by atoms with Gasteiger partial charge in [-0.1, -0.05) is 28.1 Å². The van der Waals surface area contributed by atoms with Crippen LogP contribution in [0.3, 0.4) is 0 Å². The number of aliphatic hydroxyl groups excluding tert-OH is 1. The van der Waals surface area contributed by atoms with E-state index in [9.17, 15) is 9.90 Å². The van der Waals surface area contributed by atoms with E-state index in [1.54, 1.807) is 0 Å². The molecular weight excluding hydrogens is 318 g/mol. The lowest BCUT2D eigenvalue weighted by molar-refractivity contribution is -0.124. The van der Waals surface area contributed by atoms with Crippen LogP contribution in [-0.2, 0) is 10.2 Å². The Morgan fingerprint density at radius 2 is 1.75 bits per heavy atom. The van der Waals surface area contributed by atoms with Gasteiger partial charge in [-0.15, -0.1) is 0 Å². The fourth-order valence-electron chi connectivity index (χ4n) is 3.08. The van der Waals surface area contributed by atoms with E-state index in [2.05, 4.69) is 21.2 Å². The lowest BCUT2D eigenvalue weighted by Crippen LogP contribution is -2.43. The van der Waals surface area contributed by atoms with E-state index in [1.165, 1.54) is 0 Å². The van der Waals surface area contributed by atoms with Crippen LogP contribution in [0.5, 0.6) is 0 Å². The number of halogens is 1. The zero-order valence-corrected chi connectivity index (χ0v) is 13.0. The molecule has 0 bridgehead atoms. The molecule has 0 heterocycles. The molecule has 0 spiro atoms. The Morgan fingerprint density at radius 3 is 2.30 bits per heavy atom. The van der Waals surface area contributed by atoms with Gasteiger partial charge in [-0.3, -0.25) is 4.79 Å². The SMILES string of the molecule is O=C(NC1CCC(O)CC1)C1(c2ccc(Br)cc2)CC1. The van der Waals surface area contributed by atoms with E-state index < -0.39 is 0 Å². The minimum absolute atomic E-state index is 0.168. The highest BCUT2D eigenvalue weighted by molar-refractivity contribution is 9.10. The molecule has 0 aliphatic heterocycles. The van der Waals surface area contributed by atoms with Crippen LogP contribution in [0.4, 0.5) is 0 Å². The number of aliphatic hydroxyl groups is 1. The fraction of sp³-hybridized carbons (Fsp3) is 0.562. The molecule has 0 atom stereocenters. The summed E-state index contributed by atoms with van der Waals surface area (Å²) in [6.45, 7) is 0. The summed E-state index contributed by atoms with van der Waals surface area (Å²) in [5.41, 5.74) is 0.825. The molecule has 0 saturated heterocycles. The van der Waals surface area contributed by atoms with E-state index in [0.29, 0.717) is 0 Å². The van der Waals surface area contributed by atoms with Gasteiger partial charge in [0.25, 0.3) is 0 Å². The van der Waals surface area contributed by atoms with Gasteiger partial charge in [0.2, 0.25) is 5.91 Å². The summed E-state index contributed by atoms with van der Waals surface area (Å²) in [7, 11) is 0. The number of nitrogens with one attached hydrogen (secondary N) is 1. The van der Waals surface area contributed by atoms with E-state index >= 15 is 0 Å². The average molecular weight is 338 g/mol. The first kappa shape index (κ1) is 14.1. The number of hydrogen-bond acceptors (Lipinski definition) is 2. The maximum Gasteiger partial charge on any atom is 0.230 e. The Kier molecular flexibility index (Phi) is 3.87. The summed E-state index contributed by atoms with van der Waals surface area (Å²) in [6.07, 6.45) is 5.09. The second-order valence-electron chi connectivity index (χ2n) is 6.07. The molecule has 3 nitrogen and oxygen atoms in total. The minimum Gasteiger partial charge on any atom is -0.393 e. The van der Waals surface area contributed by atoms with Crippen molar-refractivity contribution in [3.8, 4) is 0 Å². The predicted octanol–water partition coefficient (Wildman–Crippen LogP) is 2.90. The van der Waals surface area contributed by atoms with E-state index in [1.807, 2.05) is 24.3 Å². The molecule has 3 rings (SSSR count). The van der Waals surface area contributed by atoms with Crippen molar-refractivity contribution in [2.45, 2.75) is 56.1 Å². The lowest BCUT2D eigenvalue weighted by Gasteiger charge is -2.28. The van der Waals surface area contributed by atoms with E-state index in [0.717, 1.165) is 48.6 Å². The van der Waals surface area contributed by atoms with Gasteiger partial charge in [-0.2, -0.15) is 0 Å². The molecule has 0 aromatic heterocycles. The van der Waals surface area contributed by atoms with Crippen molar-refractivity contribution in [2.75, 3.05) is 0 Å². The highest BCUT2D eigenvalue weighted by Gasteiger charge is 2.51. The van der Waals surface area contributed by atoms with Gasteiger partial charge in [0.1, 0.15) is 0 Å². The third kappa shape index (κ3) is 2.77. The summed E-state index contributed by atoms with van der Waals surface area (Å²) in [5, 5.41) is 12.7. The molecule has 20 heavy (non-hydrogen) atoms. The number of carbonyl (C=O) groups is 1. The van der Waals surface area contributed by atoms with Gasteiger partial charge in [0.05, 0.1) is 11.5 Å². The molecule has 0 unspecified atom stereocenters. The van der Waals surface area contributed by atoms with E-state index in [4.69, 9.17) is 0 Å². The quantitative estimate of drug-likeness (QED) is 0.890. The fourth-order valence-corrected chi connectivity index (χ4v) is 3.35. The zero-order valence-electron chi connectivity index (χ0n) is 11.4. The van der Waals surface area contributed by atoms with Gasteiger partial charge in [0, 0.05) is 10.5 Å². The van der Waals surface area contributed by atoms with Crippen LogP contribution in [0, 0.1) is 0 Å². The molecule has 108 valence electrons. The first-order chi connectivity index (χ1) is 9.60. The lowest BCUT2D eigenvalue weighted by atomic mass is 9.90. The van der Waals surface area contributed by atoms with Crippen LogP contribution < -0.4 is 5.32 Å². The summed E-state index contributed by atoms with van der Waals surface area (Å²) in [5.74, 6) is 0.168. The average Bonchev–Trinajstić information content (AvgIpc) is 3.24. The van der Waals surface area contributed by atoms with Crippen LogP contribution in [0.25, 0.3) is 0 Å². The Bertz CT molecular complexity index is 488. The van der Waals surface area contributed by atoms with Crippen LogP contribution in [0.1, 0.15) is 44.1 Å². The standard InChI is InChI=1S/C16H20BrNO2/c17-12-3-1-11(2-4-12)16(9-10-16)15(20)18-13-5-7-14(19)8-6-13/h1-4,13-14,19H,5-10H2,(H,18,20). The number of benzene rings is 1. The van der Waals surface area contributed by atoms with Crippen molar-refractivity contribution in [1.82, 2.24) is 5.32 Å². The summed E-state index contributed by atoms with van der Waals surface area (Å²) >= 11 is 3.43. The Hall–Kier alpha value is -0.870. The maximum absolute atomic E-state index is 12.6. The molecule has 2 saturated carbocycles. The molecule has 2 aliphatic rings. The molecular formula is C16H20BrNO2. The van der Waals surface area contributed by atoms with Gasteiger partial charge in [-0.05, 0) is 56.2 Å². The maximum atomic E-state index is 12.6. The van der Waals surface area contributed by atoms with Crippen LogP contribution in [0.2, 0.25) is 0 Å². The van der Waals surface area contributed by atoms with Crippen molar-refractivity contribution >= 4 is 21.8 Å². The summed E-state index contributed by atoms with van der Waals surface area (Å²) in [4.78, 5) is 12.6. The first-order valence-corrected chi connectivity index (χ1v) is 8.14. The molecule has 2 aliphatic carbocycles. The van der Waals surface area contributed by atoms with Crippen molar-refractivity contribution < 1.29 is 9.90 Å². The third-order valence-corrected chi connectivity index (χ3v) is 5.14. The van der Waals surface area contributed by atoms with Crippen molar-refractivity contribution in [3.63, 3.8) is 0 Å². The molecule has 0 radical (unpaired) electrons. The van der Waals surface area contributed by atoms with E-state index in [-0.39, 0.29) is 23.5 Å². The number of hydrogen-bond donors (Lipinski definition) is 2. The molecule has 2 fully saturated rings. The van der Waals surface area contributed by atoms with Gasteiger partial charge >= 0.3 is 0 Å². The molecule has 4 heteroatoms. The van der Waals surface area contributed by atoms with Crippen LogP contribution in [0.15, 0.2) is 28.7 Å². The van der Waals surface area contributed by atoms with Crippen LogP contribution in [-0.4, -0.2) is 23.2 Å². The predicted molar refractivity (Wildman–Crippen MR) is 81.5 cm³/mol. The smallest absolute Gasteiger partial charge is 0.230 e. The normalized spacial score (nSPS) is 27.9. The zero-order chi connectivity index (χ0) is 14.2. The van der Waals surface area contributed by atoms with Crippen molar-refractivity contribution in [1.29, 1.82) is 0 Å². The monoisotopic (exact) mass is 337 g/mol. The second-order valence-corrected chi connectivity index (χ2v) is 6.98. The molecule has 1 amide bonds. The largest absolute Gasteiger partial charge is 0.393 e. The number of amides is 1. The van der Waals surface area contributed by atoms with Crippen LogP contribution >= 0.6 is 15.9 Å². The Morgan fingerprint density at radius 1 is 1.15 bits per heavy atom. The summed E-state index contributed by atoms with van der Waals surface area (Å²) < 4.78 is 1.04. The number of rotatable bonds is 3. The minimum atomic E-state index is -0.295. The van der Waals surface area contributed by atoms with Gasteiger partial charge in [0.15, 0.2) is 0 Å². The summed E-state index contributed by atoms with van der Waals surface area (Å²) in [6, 6.07) is 8.32. The van der Waals surface area contributed by atoms with Gasteiger partial charge in [-0.25, -0.2) is 0 Å². The van der Waals surface area contributed by atoms with Crippen molar-refractivity contribution in [3.05, 3.63) is 34.3 Å². The number of carbonyl (C=O) groups excluding carboxylic acids is 1. The molecule has 2 N–H and O–H groups in total. The highest BCUT2D eigenvalue weighted by Crippen LogP contribution is 2.48. The first-order valence-electron chi connectivity index (χ1n) is 7.35. The Labute approximate surface area is 127 Å². The topological polar surface area (TPSA) is 49.3 Å².